The van der Waals surface area contributed by atoms with Gasteiger partial charge in [0.15, 0.2) is 0 Å². The second-order valence-electron chi connectivity index (χ2n) is 8.67. The van der Waals surface area contributed by atoms with Gasteiger partial charge in [-0.15, -0.1) is 0 Å². The topological polar surface area (TPSA) is 0 Å². The fourth-order valence-corrected chi connectivity index (χ4v) is 9.66. The van der Waals surface area contributed by atoms with Crippen LogP contribution < -0.4 is 0 Å². The zero-order valence-electron chi connectivity index (χ0n) is 18.5. The number of hydrogen-bond acceptors (Lipinski definition) is 0. The third-order valence-corrected chi connectivity index (χ3v) is 11.2. The quantitative estimate of drug-likeness (QED) is 0.259. The van der Waals surface area contributed by atoms with Gasteiger partial charge >= 0.3 is 215 Å². The summed E-state index contributed by atoms with van der Waals surface area (Å²) >= 11 is -3.03. The molecule has 0 bridgehead atoms. The van der Waals surface area contributed by atoms with Crippen LogP contribution in [0.15, 0.2) is 60.7 Å². The van der Waals surface area contributed by atoms with Crippen molar-refractivity contribution < 1.29 is 45.7 Å². The number of alkyl halides is 6. The Labute approximate surface area is 214 Å². The molecule has 0 N–H and O–H groups in total. The Morgan fingerprint density at radius 2 is 1.34 bits per heavy atom. The second-order valence-corrected chi connectivity index (χ2v) is 17.5. The summed E-state index contributed by atoms with van der Waals surface area (Å²) in [5.74, 6) is -0.156. The van der Waals surface area contributed by atoms with E-state index >= 15 is 0 Å². The number of hydrogen-bond donors (Lipinski definition) is 0. The number of rotatable bonds is 4. The summed E-state index contributed by atoms with van der Waals surface area (Å²) < 4.78 is 81.5. The molecule has 0 heterocycles. The Balaban J connectivity index is 2.06. The van der Waals surface area contributed by atoms with Crippen LogP contribution in [0.1, 0.15) is 56.8 Å². The van der Waals surface area contributed by atoms with Gasteiger partial charge < -0.3 is 0 Å². The SMILES string of the molecule is CC(C)c1ccc2c(c1-c1cc(C(F)(F)F)cc(C(F)(F)F)c1)C=C(c1ccccc1)[CH]2[Zr]([Cl])[Cl]. The van der Waals surface area contributed by atoms with E-state index < -0.39 is 42.8 Å². The van der Waals surface area contributed by atoms with Crippen LogP contribution in [0, 0.1) is 0 Å². The van der Waals surface area contributed by atoms with Crippen molar-refractivity contribution in [1.82, 2.24) is 0 Å². The first kappa shape index (κ1) is 26.5. The molecule has 0 radical (unpaired) electrons. The van der Waals surface area contributed by atoms with Crippen LogP contribution in [-0.2, 0) is 31.7 Å². The Bertz CT molecular complexity index is 1250. The summed E-state index contributed by atoms with van der Waals surface area (Å²) in [6, 6.07) is 14.7. The van der Waals surface area contributed by atoms with Crippen molar-refractivity contribution >= 4 is 28.7 Å². The molecule has 0 saturated heterocycles. The number of fused-ring (bicyclic) bond motifs is 1. The summed E-state index contributed by atoms with van der Waals surface area (Å²) in [7, 11) is 13.1. The fraction of sp³-hybridized carbons (Fsp3) is 0.231. The minimum atomic E-state index is -4.94. The predicted octanol–water partition coefficient (Wildman–Crippen LogP) is 10.0. The first-order valence-corrected chi connectivity index (χ1v) is 18.5. The molecule has 183 valence electrons. The van der Waals surface area contributed by atoms with Crippen LogP contribution in [0.3, 0.4) is 0 Å². The summed E-state index contributed by atoms with van der Waals surface area (Å²) in [5, 5.41) is 0. The van der Waals surface area contributed by atoms with E-state index in [1.165, 1.54) is 0 Å². The zero-order chi connectivity index (χ0) is 25.7. The second kappa shape index (κ2) is 9.72. The van der Waals surface area contributed by atoms with Gasteiger partial charge in [0, 0.05) is 0 Å². The molecule has 0 aromatic heterocycles. The number of allylic oxidation sites excluding steroid dienone is 1. The molecule has 9 heteroatoms. The van der Waals surface area contributed by atoms with Crippen LogP contribution in [0.2, 0.25) is 0 Å². The average molecular weight is 608 g/mol. The van der Waals surface area contributed by atoms with Crippen molar-refractivity contribution in [2.75, 3.05) is 0 Å². The molecule has 1 aliphatic carbocycles. The molecule has 0 amide bonds. The van der Waals surface area contributed by atoms with Crippen LogP contribution in [0.25, 0.3) is 22.8 Å². The number of benzene rings is 3. The molecule has 0 fully saturated rings. The minimum absolute atomic E-state index is 0.133. The van der Waals surface area contributed by atoms with Gasteiger partial charge in [0.05, 0.1) is 0 Å². The predicted molar refractivity (Wildman–Crippen MR) is 125 cm³/mol. The van der Waals surface area contributed by atoms with Crippen molar-refractivity contribution in [2.45, 2.75) is 35.7 Å². The van der Waals surface area contributed by atoms with Crippen molar-refractivity contribution in [3.05, 3.63) is 94.0 Å². The Kier molecular flexibility index (Phi) is 7.36. The maximum absolute atomic E-state index is 13.6. The first-order chi connectivity index (χ1) is 16.3. The van der Waals surface area contributed by atoms with E-state index in [0.29, 0.717) is 16.7 Å². The van der Waals surface area contributed by atoms with Crippen LogP contribution in [-0.4, -0.2) is 0 Å². The summed E-state index contributed by atoms with van der Waals surface area (Å²) in [6.45, 7) is 3.70. The summed E-state index contributed by atoms with van der Waals surface area (Å²) in [6.07, 6.45) is -8.05. The normalized spacial score (nSPS) is 15.9. The van der Waals surface area contributed by atoms with E-state index in [2.05, 4.69) is 0 Å². The van der Waals surface area contributed by atoms with E-state index in [0.717, 1.165) is 28.8 Å². The molecule has 1 unspecified atom stereocenters. The Morgan fingerprint density at radius 3 is 1.83 bits per heavy atom. The van der Waals surface area contributed by atoms with Gasteiger partial charge in [-0.1, -0.05) is 0 Å². The van der Waals surface area contributed by atoms with Crippen molar-refractivity contribution in [2.24, 2.45) is 0 Å². The molecule has 0 aliphatic heterocycles. The monoisotopic (exact) mass is 605 g/mol. The average Bonchev–Trinajstić information content (AvgIpc) is 3.17. The molecular formula is C26H19Cl2F6Zr. The summed E-state index contributed by atoms with van der Waals surface area (Å²) in [4.78, 5) is 0. The third kappa shape index (κ3) is 5.28. The standard InChI is InChI=1S/C26H19F6.2ClH.Zr/c1-15(2)22-9-8-17-10-18(16-6-4-3-5-7-16)13-23(17)24(22)19-11-20(25(27,28)29)14-21(12-19)26(30,31)32;;;/h3-15H,1-2H3;2*1H;/q;;;+2/p-2. The molecule has 3 aromatic carbocycles. The molecule has 0 nitrogen and oxygen atoms in total. The molecule has 0 spiro atoms. The van der Waals surface area contributed by atoms with E-state index in [-0.39, 0.29) is 21.2 Å². The Hall–Kier alpha value is -1.56. The Morgan fingerprint density at radius 1 is 0.771 bits per heavy atom. The van der Waals surface area contributed by atoms with Gasteiger partial charge in [-0.2, -0.15) is 0 Å². The fourth-order valence-electron chi connectivity index (χ4n) is 4.48. The van der Waals surface area contributed by atoms with Gasteiger partial charge in [-0.3, -0.25) is 0 Å². The maximum atomic E-state index is 13.6. The molecule has 0 saturated carbocycles. The van der Waals surface area contributed by atoms with E-state index in [1.54, 1.807) is 6.07 Å². The molecule has 1 atom stereocenters. The van der Waals surface area contributed by atoms with Gasteiger partial charge in [0.2, 0.25) is 0 Å². The van der Waals surface area contributed by atoms with E-state index in [4.69, 9.17) is 17.0 Å². The molecule has 35 heavy (non-hydrogen) atoms. The van der Waals surface area contributed by atoms with Crippen molar-refractivity contribution in [3.8, 4) is 11.1 Å². The van der Waals surface area contributed by atoms with E-state index in [9.17, 15) is 26.3 Å². The molecule has 3 aromatic rings. The molecule has 1 aliphatic rings. The summed E-state index contributed by atoms with van der Waals surface area (Å²) in [5.41, 5.74) is 1.20. The van der Waals surface area contributed by atoms with Crippen LogP contribution in [0.5, 0.6) is 0 Å². The first-order valence-electron chi connectivity index (χ1n) is 10.7. The van der Waals surface area contributed by atoms with Crippen LogP contribution >= 0.6 is 17.0 Å². The van der Waals surface area contributed by atoms with Gasteiger partial charge in [-0.25, -0.2) is 0 Å². The number of halogens is 8. The van der Waals surface area contributed by atoms with Crippen LogP contribution in [0.4, 0.5) is 26.3 Å². The van der Waals surface area contributed by atoms with Crippen molar-refractivity contribution in [3.63, 3.8) is 0 Å². The third-order valence-electron chi connectivity index (χ3n) is 6.06. The van der Waals surface area contributed by atoms with Gasteiger partial charge in [0.25, 0.3) is 0 Å². The molecule has 4 rings (SSSR count). The zero-order valence-corrected chi connectivity index (χ0v) is 22.5. The molecular weight excluding hydrogens is 588 g/mol. The van der Waals surface area contributed by atoms with Crippen molar-refractivity contribution in [1.29, 1.82) is 0 Å². The van der Waals surface area contributed by atoms with E-state index in [1.807, 2.05) is 56.3 Å². The van der Waals surface area contributed by atoms with Gasteiger partial charge in [0.1, 0.15) is 0 Å². The van der Waals surface area contributed by atoms with Gasteiger partial charge in [-0.05, 0) is 0 Å².